The molecule has 25 heavy (non-hydrogen) atoms. The lowest BCUT2D eigenvalue weighted by Gasteiger charge is -2.33. The Balaban J connectivity index is 1.70. The van der Waals surface area contributed by atoms with Gasteiger partial charge < -0.3 is 15.0 Å². The molecule has 2 aliphatic rings. The lowest BCUT2D eigenvalue weighted by molar-refractivity contribution is 0.337. The topological polar surface area (TPSA) is 50.3 Å². The zero-order chi connectivity index (χ0) is 17.4. The molecule has 5 nitrogen and oxygen atoms in total. The van der Waals surface area contributed by atoms with Gasteiger partial charge in [-0.1, -0.05) is 12.1 Å². The Morgan fingerprint density at radius 2 is 1.96 bits per heavy atom. The van der Waals surface area contributed by atoms with E-state index in [1.807, 2.05) is 26.0 Å². The number of anilines is 1. The van der Waals surface area contributed by atoms with Crippen LogP contribution < -0.4 is 15.0 Å². The first-order valence-corrected chi connectivity index (χ1v) is 9.09. The van der Waals surface area contributed by atoms with Crippen LogP contribution in [0.5, 0.6) is 5.75 Å². The number of aryl methyl sites for hydroxylation is 2. The highest BCUT2D eigenvalue weighted by Gasteiger charge is 2.44. The van der Waals surface area contributed by atoms with Crippen molar-refractivity contribution >= 4 is 5.95 Å². The molecule has 0 spiro atoms. The molecule has 4 rings (SSSR count). The van der Waals surface area contributed by atoms with Crippen molar-refractivity contribution < 1.29 is 4.74 Å². The van der Waals surface area contributed by atoms with Gasteiger partial charge in [-0.15, -0.1) is 0 Å². The fraction of sp³-hybridized carbons (Fsp3) is 0.500. The third-order valence-corrected chi connectivity index (χ3v) is 5.55. The minimum Gasteiger partial charge on any atom is -0.497 e. The summed E-state index contributed by atoms with van der Waals surface area (Å²) in [5, 5.41) is 3.58. The summed E-state index contributed by atoms with van der Waals surface area (Å²) in [7, 11) is 1.73. The molecule has 2 aliphatic heterocycles. The average Bonchev–Trinajstić information content (AvgIpc) is 3.01. The third kappa shape index (κ3) is 3.09. The summed E-state index contributed by atoms with van der Waals surface area (Å²) in [6.07, 6.45) is 1.14. The largest absolute Gasteiger partial charge is 0.497 e. The van der Waals surface area contributed by atoms with Gasteiger partial charge in [-0.2, -0.15) is 0 Å². The van der Waals surface area contributed by atoms with E-state index in [-0.39, 0.29) is 0 Å². The lowest BCUT2D eigenvalue weighted by atomic mass is 9.82. The standard InChI is InChI=1S/C20H26N4O/c1-13-9-14(2)23-20(22-13)24-12-18(17-11-21-8-7-19(17)24)15-5-4-6-16(10-15)25-3/h4-6,9-10,17-19,21H,7-8,11-12H2,1-3H3/t17-,18-,19-/m1/s1. The summed E-state index contributed by atoms with van der Waals surface area (Å²) < 4.78 is 5.44. The van der Waals surface area contributed by atoms with Crippen molar-refractivity contribution in [2.24, 2.45) is 5.92 Å². The molecule has 3 heterocycles. The first kappa shape index (κ1) is 16.3. The van der Waals surface area contributed by atoms with Crippen molar-refractivity contribution in [1.29, 1.82) is 0 Å². The Labute approximate surface area is 149 Å². The first-order chi connectivity index (χ1) is 12.2. The van der Waals surface area contributed by atoms with Crippen molar-refractivity contribution in [2.45, 2.75) is 32.2 Å². The van der Waals surface area contributed by atoms with Gasteiger partial charge in [0.1, 0.15) is 5.75 Å². The van der Waals surface area contributed by atoms with Gasteiger partial charge in [0, 0.05) is 42.4 Å². The van der Waals surface area contributed by atoms with Crippen LogP contribution in [-0.4, -0.2) is 42.8 Å². The summed E-state index contributed by atoms with van der Waals surface area (Å²) >= 11 is 0. The molecule has 3 atom stereocenters. The van der Waals surface area contributed by atoms with Gasteiger partial charge in [0.15, 0.2) is 0 Å². The molecule has 0 unspecified atom stereocenters. The second-order valence-electron chi connectivity index (χ2n) is 7.21. The molecule has 132 valence electrons. The van der Waals surface area contributed by atoms with Gasteiger partial charge in [0.05, 0.1) is 7.11 Å². The second-order valence-corrected chi connectivity index (χ2v) is 7.21. The number of ether oxygens (including phenoxy) is 1. The van der Waals surface area contributed by atoms with Crippen molar-refractivity contribution in [3.05, 3.63) is 47.3 Å². The quantitative estimate of drug-likeness (QED) is 0.932. The van der Waals surface area contributed by atoms with Crippen LogP contribution in [0.25, 0.3) is 0 Å². The molecule has 0 aliphatic carbocycles. The second kappa shape index (κ2) is 6.64. The number of piperidine rings is 1. The molecule has 0 radical (unpaired) electrons. The Kier molecular flexibility index (Phi) is 4.34. The van der Waals surface area contributed by atoms with Gasteiger partial charge in [-0.05, 0) is 50.6 Å². The number of nitrogens with zero attached hydrogens (tertiary/aromatic N) is 3. The van der Waals surface area contributed by atoms with Gasteiger partial charge >= 0.3 is 0 Å². The van der Waals surface area contributed by atoms with Crippen LogP contribution in [0, 0.1) is 19.8 Å². The molecular formula is C20H26N4O. The van der Waals surface area contributed by atoms with E-state index < -0.39 is 0 Å². The van der Waals surface area contributed by atoms with E-state index in [9.17, 15) is 0 Å². The predicted octanol–water partition coefficient (Wildman–Crippen LogP) is 2.68. The Morgan fingerprint density at radius 3 is 2.72 bits per heavy atom. The maximum Gasteiger partial charge on any atom is 0.226 e. The third-order valence-electron chi connectivity index (χ3n) is 5.55. The molecular weight excluding hydrogens is 312 g/mol. The minimum absolute atomic E-state index is 0.470. The van der Waals surface area contributed by atoms with Crippen molar-refractivity contribution in [1.82, 2.24) is 15.3 Å². The summed E-state index contributed by atoms with van der Waals surface area (Å²) in [6, 6.07) is 11.1. The normalized spacial score (nSPS) is 25.7. The molecule has 0 saturated carbocycles. The number of rotatable bonds is 3. The summed E-state index contributed by atoms with van der Waals surface area (Å²) in [5.74, 6) is 2.86. The van der Waals surface area contributed by atoms with Gasteiger partial charge in [0.25, 0.3) is 0 Å². The minimum atomic E-state index is 0.470. The summed E-state index contributed by atoms with van der Waals surface area (Å²) in [5.41, 5.74) is 3.43. The van der Waals surface area contributed by atoms with E-state index >= 15 is 0 Å². The predicted molar refractivity (Wildman–Crippen MR) is 99.4 cm³/mol. The Bertz CT molecular complexity index is 743. The molecule has 0 bridgehead atoms. The highest BCUT2D eigenvalue weighted by atomic mass is 16.5. The first-order valence-electron chi connectivity index (χ1n) is 9.09. The summed E-state index contributed by atoms with van der Waals surface area (Å²) in [6.45, 7) is 7.18. The van der Waals surface area contributed by atoms with Crippen LogP contribution >= 0.6 is 0 Å². The molecule has 5 heteroatoms. The highest BCUT2D eigenvalue weighted by molar-refractivity contribution is 5.42. The van der Waals surface area contributed by atoms with Gasteiger partial charge in [-0.25, -0.2) is 9.97 Å². The van der Waals surface area contributed by atoms with E-state index in [0.717, 1.165) is 49.1 Å². The maximum atomic E-state index is 5.44. The molecule has 2 aromatic rings. The summed E-state index contributed by atoms with van der Waals surface area (Å²) in [4.78, 5) is 11.9. The molecule has 1 N–H and O–H groups in total. The zero-order valence-electron chi connectivity index (χ0n) is 15.2. The number of hydrogen-bond acceptors (Lipinski definition) is 5. The van der Waals surface area contributed by atoms with E-state index in [4.69, 9.17) is 14.7 Å². The highest BCUT2D eigenvalue weighted by Crippen LogP contribution is 2.41. The van der Waals surface area contributed by atoms with Crippen molar-refractivity contribution in [3.8, 4) is 5.75 Å². The van der Waals surface area contributed by atoms with Crippen molar-refractivity contribution in [2.75, 3.05) is 31.6 Å². The number of fused-ring (bicyclic) bond motifs is 1. The fourth-order valence-electron chi connectivity index (χ4n) is 4.44. The van der Waals surface area contributed by atoms with E-state index in [0.29, 0.717) is 17.9 Å². The van der Waals surface area contributed by atoms with Gasteiger partial charge in [-0.3, -0.25) is 0 Å². The van der Waals surface area contributed by atoms with Crippen LogP contribution in [0.1, 0.15) is 29.3 Å². The maximum absolute atomic E-state index is 5.44. The molecule has 1 aromatic heterocycles. The number of hydrogen-bond donors (Lipinski definition) is 1. The van der Waals surface area contributed by atoms with Crippen LogP contribution in [0.2, 0.25) is 0 Å². The van der Waals surface area contributed by atoms with Crippen LogP contribution in [0.3, 0.4) is 0 Å². The SMILES string of the molecule is COc1cccc([C@H]2CN(c3nc(C)cc(C)n3)[C@@H]3CCNC[C@H]23)c1. The molecule has 1 aromatic carbocycles. The van der Waals surface area contributed by atoms with E-state index in [2.05, 4.69) is 28.4 Å². The number of aromatic nitrogens is 2. The Hall–Kier alpha value is -2.14. The van der Waals surface area contributed by atoms with E-state index in [1.54, 1.807) is 7.11 Å². The molecule has 2 fully saturated rings. The van der Waals surface area contributed by atoms with Gasteiger partial charge in [0.2, 0.25) is 5.95 Å². The average molecular weight is 338 g/mol. The monoisotopic (exact) mass is 338 g/mol. The molecule has 2 saturated heterocycles. The lowest BCUT2D eigenvalue weighted by Crippen LogP contribution is -2.44. The van der Waals surface area contributed by atoms with Crippen LogP contribution in [-0.2, 0) is 0 Å². The zero-order valence-corrected chi connectivity index (χ0v) is 15.2. The molecule has 0 amide bonds. The number of methoxy groups -OCH3 is 1. The van der Waals surface area contributed by atoms with E-state index in [1.165, 1.54) is 5.56 Å². The number of benzene rings is 1. The number of nitrogens with one attached hydrogen (secondary N) is 1. The smallest absolute Gasteiger partial charge is 0.226 e. The van der Waals surface area contributed by atoms with Crippen molar-refractivity contribution in [3.63, 3.8) is 0 Å². The Morgan fingerprint density at radius 1 is 1.16 bits per heavy atom. The van der Waals surface area contributed by atoms with Crippen LogP contribution in [0.4, 0.5) is 5.95 Å². The van der Waals surface area contributed by atoms with Crippen LogP contribution in [0.15, 0.2) is 30.3 Å². The fourth-order valence-corrected chi connectivity index (χ4v) is 4.44.